The summed E-state index contributed by atoms with van der Waals surface area (Å²) >= 11 is 0. The van der Waals surface area contributed by atoms with Crippen molar-refractivity contribution in [3.05, 3.63) is 59.9 Å². The van der Waals surface area contributed by atoms with Crippen LogP contribution in [0.25, 0.3) is 0 Å². The number of likely N-dealkylation sites (N-methyl/N-ethyl adjacent to an activating group) is 1. The molecule has 0 bridgehead atoms. The number of hydrogen-bond acceptors (Lipinski definition) is 4. The minimum atomic E-state index is -0.963. The van der Waals surface area contributed by atoms with Gasteiger partial charge in [0, 0.05) is 25.5 Å². The minimum absolute atomic E-state index is 0.207. The number of para-hydroxylation sites is 1. The number of ether oxygens (including phenoxy) is 1. The average molecular weight is 314 g/mol. The predicted octanol–water partition coefficient (Wildman–Crippen LogP) is 2.72. The summed E-state index contributed by atoms with van der Waals surface area (Å²) in [5.74, 6) is -0.533. The molecule has 5 heteroatoms. The maximum atomic E-state index is 11.1. The van der Waals surface area contributed by atoms with Gasteiger partial charge in [0.15, 0.2) is 0 Å². The number of nitrogens with zero attached hydrogens (tertiary/aromatic N) is 2. The zero-order chi connectivity index (χ0) is 16.5. The molecule has 0 atom stereocenters. The fourth-order valence-electron chi connectivity index (χ4n) is 2.27. The van der Waals surface area contributed by atoms with Crippen LogP contribution in [-0.4, -0.2) is 47.7 Å². The molecule has 0 aliphatic carbocycles. The Morgan fingerprint density at radius 3 is 2.65 bits per heavy atom. The first-order valence-electron chi connectivity index (χ1n) is 7.69. The summed E-state index contributed by atoms with van der Waals surface area (Å²) < 4.78 is 5.60. The SMILES string of the molecule is CN(CCCOc1ccccc1C(=O)O)CCc1ccncc1. The number of carboxylic acid groups (broad SMARTS) is 1. The second-order valence-electron chi connectivity index (χ2n) is 5.41. The highest BCUT2D eigenvalue weighted by atomic mass is 16.5. The Balaban J connectivity index is 1.68. The van der Waals surface area contributed by atoms with Crippen molar-refractivity contribution in [1.82, 2.24) is 9.88 Å². The van der Waals surface area contributed by atoms with Crippen molar-refractivity contribution in [3.8, 4) is 5.75 Å². The molecular formula is C18H22N2O3. The minimum Gasteiger partial charge on any atom is -0.493 e. The Kier molecular flexibility index (Phi) is 6.56. The molecule has 122 valence electrons. The van der Waals surface area contributed by atoms with Crippen LogP contribution >= 0.6 is 0 Å². The smallest absolute Gasteiger partial charge is 0.339 e. The van der Waals surface area contributed by atoms with E-state index in [4.69, 9.17) is 9.84 Å². The van der Waals surface area contributed by atoms with E-state index in [1.54, 1.807) is 24.3 Å². The molecule has 0 fully saturated rings. The number of carboxylic acids is 1. The van der Waals surface area contributed by atoms with Crippen LogP contribution in [0, 0.1) is 0 Å². The number of benzene rings is 1. The normalized spacial score (nSPS) is 10.7. The predicted molar refractivity (Wildman–Crippen MR) is 89.0 cm³/mol. The van der Waals surface area contributed by atoms with Gasteiger partial charge >= 0.3 is 5.97 Å². The molecular weight excluding hydrogens is 292 g/mol. The van der Waals surface area contributed by atoms with Crippen LogP contribution in [0.4, 0.5) is 0 Å². The molecule has 23 heavy (non-hydrogen) atoms. The summed E-state index contributed by atoms with van der Waals surface area (Å²) in [5, 5.41) is 9.10. The molecule has 1 N–H and O–H groups in total. The lowest BCUT2D eigenvalue weighted by atomic mass is 10.2. The van der Waals surface area contributed by atoms with Crippen LogP contribution in [0.2, 0.25) is 0 Å². The Hall–Kier alpha value is -2.40. The van der Waals surface area contributed by atoms with E-state index in [0.717, 1.165) is 25.9 Å². The highest BCUT2D eigenvalue weighted by Gasteiger charge is 2.09. The van der Waals surface area contributed by atoms with Crippen molar-refractivity contribution in [2.75, 3.05) is 26.7 Å². The zero-order valence-electron chi connectivity index (χ0n) is 13.3. The molecule has 5 nitrogen and oxygen atoms in total. The standard InChI is InChI=1S/C18H22N2O3/c1-20(13-9-15-7-10-19-11-8-15)12-4-14-23-17-6-3-2-5-16(17)18(21)22/h2-3,5-8,10-11H,4,9,12-14H2,1H3,(H,21,22). The van der Waals surface area contributed by atoms with Gasteiger partial charge in [0.2, 0.25) is 0 Å². The Morgan fingerprint density at radius 1 is 1.17 bits per heavy atom. The highest BCUT2D eigenvalue weighted by Crippen LogP contribution is 2.17. The lowest BCUT2D eigenvalue weighted by Crippen LogP contribution is -2.23. The molecule has 1 aromatic heterocycles. The van der Waals surface area contributed by atoms with Gasteiger partial charge in [-0.15, -0.1) is 0 Å². The molecule has 2 aromatic rings. The Morgan fingerprint density at radius 2 is 1.91 bits per heavy atom. The van der Waals surface area contributed by atoms with Gasteiger partial charge in [0.05, 0.1) is 6.61 Å². The van der Waals surface area contributed by atoms with Crippen molar-refractivity contribution in [2.24, 2.45) is 0 Å². The third kappa shape index (κ3) is 5.71. The van der Waals surface area contributed by atoms with E-state index in [9.17, 15) is 4.79 Å². The number of aromatic carboxylic acids is 1. The first-order chi connectivity index (χ1) is 11.2. The first kappa shape index (κ1) is 17.0. The summed E-state index contributed by atoms with van der Waals surface area (Å²) in [6.07, 6.45) is 5.45. The third-order valence-corrected chi connectivity index (χ3v) is 3.59. The van der Waals surface area contributed by atoms with Gasteiger partial charge < -0.3 is 14.7 Å². The molecule has 1 aromatic carbocycles. The molecule has 0 spiro atoms. The molecule has 0 saturated carbocycles. The van der Waals surface area contributed by atoms with E-state index in [2.05, 4.69) is 16.9 Å². The molecule has 0 saturated heterocycles. The van der Waals surface area contributed by atoms with Gasteiger partial charge in [0.25, 0.3) is 0 Å². The van der Waals surface area contributed by atoms with Crippen LogP contribution in [-0.2, 0) is 6.42 Å². The molecule has 0 aliphatic heterocycles. The van der Waals surface area contributed by atoms with Crippen LogP contribution < -0.4 is 4.74 Å². The van der Waals surface area contributed by atoms with E-state index in [0.29, 0.717) is 12.4 Å². The van der Waals surface area contributed by atoms with E-state index in [1.807, 2.05) is 24.5 Å². The van der Waals surface area contributed by atoms with Gasteiger partial charge in [-0.2, -0.15) is 0 Å². The fourth-order valence-corrected chi connectivity index (χ4v) is 2.27. The summed E-state index contributed by atoms with van der Waals surface area (Å²) in [6, 6.07) is 10.8. The molecule has 0 amide bonds. The van der Waals surface area contributed by atoms with Gasteiger partial charge in [-0.3, -0.25) is 4.98 Å². The maximum absolute atomic E-state index is 11.1. The monoisotopic (exact) mass is 314 g/mol. The van der Waals surface area contributed by atoms with Gasteiger partial charge in [-0.25, -0.2) is 4.79 Å². The van der Waals surface area contributed by atoms with E-state index >= 15 is 0 Å². The van der Waals surface area contributed by atoms with E-state index in [-0.39, 0.29) is 5.56 Å². The Bertz CT molecular complexity index is 617. The number of carbonyl (C=O) groups is 1. The molecule has 2 rings (SSSR count). The second-order valence-corrected chi connectivity index (χ2v) is 5.41. The lowest BCUT2D eigenvalue weighted by Gasteiger charge is -2.17. The molecule has 0 unspecified atom stereocenters. The number of aromatic nitrogens is 1. The second kappa shape index (κ2) is 8.90. The van der Waals surface area contributed by atoms with E-state index in [1.165, 1.54) is 5.56 Å². The summed E-state index contributed by atoms with van der Waals surface area (Å²) in [4.78, 5) is 17.3. The quantitative estimate of drug-likeness (QED) is 0.721. The maximum Gasteiger partial charge on any atom is 0.339 e. The number of hydrogen-bond donors (Lipinski definition) is 1. The number of rotatable bonds is 9. The molecule has 1 heterocycles. The van der Waals surface area contributed by atoms with Crippen LogP contribution in [0.5, 0.6) is 5.75 Å². The lowest BCUT2D eigenvalue weighted by molar-refractivity contribution is 0.0692. The highest BCUT2D eigenvalue weighted by molar-refractivity contribution is 5.90. The third-order valence-electron chi connectivity index (χ3n) is 3.59. The number of pyridine rings is 1. The molecule has 0 aliphatic rings. The van der Waals surface area contributed by atoms with Crippen LogP contribution in [0.15, 0.2) is 48.8 Å². The van der Waals surface area contributed by atoms with Gasteiger partial charge in [-0.05, 0) is 49.7 Å². The summed E-state index contributed by atoms with van der Waals surface area (Å²) in [6.45, 7) is 2.37. The largest absolute Gasteiger partial charge is 0.493 e. The summed E-state index contributed by atoms with van der Waals surface area (Å²) in [5.41, 5.74) is 1.48. The van der Waals surface area contributed by atoms with Crippen molar-refractivity contribution in [1.29, 1.82) is 0 Å². The van der Waals surface area contributed by atoms with Crippen molar-refractivity contribution in [2.45, 2.75) is 12.8 Å². The average Bonchev–Trinajstić information content (AvgIpc) is 2.58. The van der Waals surface area contributed by atoms with Crippen molar-refractivity contribution >= 4 is 5.97 Å². The summed E-state index contributed by atoms with van der Waals surface area (Å²) in [7, 11) is 2.08. The Labute approximate surface area is 136 Å². The fraction of sp³-hybridized carbons (Fsp3) is 0.333. The van der Waals surface area contributed by atoms with E-state index < -0.39 is 5.97 Å². The zero-order valence-corrected chi connectivity index (χ0v) is 13.3. The topological polar surface area (TPSA) is 62.7 Å². The van der Waals surface area contributed by atoms with Crippen molar-refractivity contribution < 1.29 is 14.6 Å². The van der Waals surface area contributed by atoms with Crippen LogP contribution in [0.3, 0.4) is 0 Å². The van der Waals surface area contributed by atoms with Crippen molar-refractivity contribution in [3.63, 3.8) is 0 Å². The van der Waals surface area contributed by atoms with Gasteiger partial charge in [-0.1, -0.05) is 12.1 Å². The van der Waals surface area contributed by atoms with Crippen LogP contribution in [0.1, 0.15) is 22.3 Å². The first-order valence-corrected chi connectivity index (χ1v) is 7.69. The van der Waals surface area contributed by atoms with Gasteiger partial charge in [0.1, 0.15) is 11.3 Å². The molecule has 0 radical (unpaired) electrons.